The fourth-order valence-corrected chi connectivity index (χ4v) is 3.80. The maximum atomic E-state index is 12.8. The Bertz CT molecular complexity index is 798. The third kappa shape index (κ3) is 2.95. The molecule has 0 aliphatic heterocycles. The number of rotatable bonds is 4. The van der Waals surface area contributed by atoms with Crippen LogP contribution in [0, 0.1) is 20.8 Å². The lowest BCUT2D eigenvalue weighted by atomic mass is 10.1. The van der Waals surface area contributed by atoms with Gasteiger partial charge in [-0.3, -0.25) is 4.31 Å². The zero-order valence-electron chi connectivity index (χ0n) is 13.5. The summed E-state index contributed by atoms with van der Waals surface area (Å²) in [6.07, 6.45) is 0. The summed E-state index contributed by atoms with van der Waals surface area (Å²) in [5.74, 6) is 0.674. The molecule has 0 saturated heterocycles. The molecule has 0 atom stereocenters. The molecule has 0 heterocycles. The number of anilines is 1. The first-order chi connectivity index (χ1) is 10.3. The molecule has 0 radical (unpaired) electrons. The van der Waals surface area contributed by atoms with Crippen molar-refractivity contribution in [2.75, 3.05) is 18.5 Å². The van der Waals surface area contributed by atoms with E-state index < -0.39 is 10.0 Å². The smallest absolute Gasteiger partial charge is 0.264 e. The Morgan fingerprint density at radius 1 is 0.955 bits per heavy atom. The van der Waals surface area contributed by atoms with E-state index in [4.69, 9.17) is 4.74 Å². The van der Waals surface area contributed by atoms with Crippen molar-refractivity contribution >= 4 is 15.7 Å². The number of benzene rings is 2. The second kappa shape index (κ2) is 6.01. The molecule has 5 heteroatoms. The normalized spacial score (nSPS) is 11.3. The van der Waals surface area contributed by atoms with Gasteiger partial charge >= 0.3 is 0 Å². The van der Waals surface area contributed by atoms with Crippen molar-refractivity contribution in [3.63, 3.8) is 0 Å². The van der Waals surface area contributed by atoms with Gasteiger partial charge in [0.05, 0.1) is 17.7 Å². The van der Waals surface area contributed by atoms with Gasteiger partial charge in [0.2, 0.25) is 0 Å². The van der Waals surface area contributed by atoms with Crippen molar-refractivity contribution in [2.24, 2.45) is 0 Å². The molecule has 0 spiro atoms. The molecule has 22 heavy (non-hydrogen) atoms. The Morgan fingerprint density at radius 3 is 2.18 bits per heavy atom. The standard InChI is InChI=1S/C17H21NO3S/c1-12-6-8-16(13(2)10-12)18(4)22(19,20)15-7-9-17(21-5)14(3)11-15/h6-11H,1-5H3. The predicted octanol–water partition coefficient (Wildman–Crippen LogP) is 3.45. The predicted molar refractivity (Wildman–Crippen MR) is 89.2 cm³/mol. The second-order valence-corrected chi connectivity index (χ2v) is 7.36. The first kappa shape index (κ1) is 16.4. The number of hydrogen-bond donors (Lipinski definition) is 0. The number of nitrogens with zero attached hydrogens (tertiary/aromatic N) is 1. The average Bonchev–Trinajstić information content (AvgIpc) is 2.46. The molecule has 0 N–H and O–H groups in total. The van der Waals surface area contributed by atoms with Gasteiger partial charge in [0.15, 0.2) is 0 Å². The van der Waals surface area contributed by atoms with Crippen LogP contribution in [0.2, 0.25) is 0 Å². The van der Waals surface area contributed by atoms with Crippen LogP contribution in [0.15, 0.2) is 41.3 Å². The van der Waals surface area contributed by atoms with Gasteiger partial charge in [0.1, 0.15) is 5.75 Å². The van der Waals surface area contributed by atoms with Crippen LogP contribution in [0.1, 0.15) is 16.7 Å². The Morgan fingerprint density at radius 2 is 1.64 bits per heavy atom. The highest BCUT2D eigenvalue weighted by molar-refractivity contribution is 7.92. The van der Waals surface area contributed by atoms with Crippen LogP contribution in [0.25, 0.3) is 0 Å². The van der Waals surface area contributed by atoms with E-state index in [0.717, 1.165) is 16.7 Å². The van der Waals surface area contributed by atoms with E-state index >= 15 is 0 Å². The van der Waals surface area contributed by atoms with Crippen LogP contribution in [-0.4, -0.2) is 22.6 Å². The van der Waals surface area contributed by atoms with Gasteiger partial charge in [-0.1, -0.05) is 17.7 Å². The van der Waals surface area contributed by atoms with Gasteiger partial charge in [-0.05, 0) is 56.2 Å². The van der Waals surface area contributed by atoms with Crippen LogP contribution >= 0.6 is 0 Å². The minimum atomic E-state index is -3.60. The molecule has 0 amide bonds. The molecule has 0 fully saturated rings. The van der Waals surface area contributed by atoms with E-state index in [2.05, 4.69) is 0 Å². The van der Waals surface area contributed by atoms with Crippen LogP contribution in [0.4, 0.5) is 5.69 Å². The van der Waals surface area contributed by atoms with Gasteiger partial charge < -0.3 is 4.74 Å². The lowest BCUT2D eigenvalue weighted by molar-refractivity contribution is 0.411. The maximum Gasteiger partial charge on any atom is 0.264 e. The van der Waals surface area contributed by atoms with Gasteiger partial charge in [-0.2, -0.15) is 0 Å². The first-order valence-corrected chi connectivity index (χ1v) is 8.42. The zero-order chi connectivity index (χ0) is 16.5. The summed E-state index contributed by atoms with van der Waals surface area (Å²) in [4.78, 5) is 0.258. The number of hydrogen-bond acceptors (Lipinski definition) is 3. The summed E-state index contributed by atoms with van der Waals surface area (Å²) in [5.41, 5.74) is 3.50. The molecule has 0 saturated carbocycles. The third-order valence-electron chi connectivity index (χ3n) is 3.72. The molecule has 4 nitrogen and oxygen atoms in total. The fraction of sp³-hybridized carbons (Fsp3) is 0.294. The highest BCUT2D eigenvalue weighted by atomic mass is 32.2. The molecular weight excluding hydrogens is 298 g/mol. The molecule has 0 unspecified atom stereocenters. The van der Waals surface area contributed by atoms with Gasteiger partial charge in [0, 0.05) is 7.05 Å². The Balaban J connectivity index is 2.47. The molecule has 0 aromatic heterocycles. The molecule has 2 aromatic rings. The van der Waals surface area contributed by atoms with Crippen molar-refractivity contribution in [3.05, 3.63) is 53.1 Å². The van der Waals surface area contributed by atoms with Crippen molar-refractivity contribution in [3.8, 4) is 5.75 Å². The Kier molecular flexibility index (Phi) is 4.47. The van der Waals surface area contributed by atoms with Gasteiger partial charge in [-0.15, -0.1) is 0 Å². The van der Waals surface area contributed by atoms with Crippen molar-refractivity contribution in [2.45, 2.75) is 25.7 Å². The van der Waals surface area contributed by atoms with Crippen LogP contribution in [0.5, 0.6) is 5.75 Å². The number of aryl methyl sites for hydroxylation is 3. The lowest BCUT2D eigenvalue weighted by Crippen LogP contribution is -2.27. The summed E-state index contributed by atoms with van der Waals surface area (Å²) >= 11 is 0. The van der Waals surface area contributed by atoms with Gasteiger partial charge in [0.25, 0.3) is 10.0 Å². The maximum absolute atomic E-state index is 12.8. The molecular formula is C17H21NO3S. The lowest BCUT2D eigenvalue weighted by Gasteiger charge is -2.22. The molecule has 2 rings (SSSR count). The van der Waals surface area contributed by atoms with E-state index in [9.17, 15) is 8.42 Å². The van der Waals surface area contributed by atoms with E-state index in [-0.39, 0.29) is 4.90 Å². The summed E-state index contributed by atoms with van der Waals surface area (Å²) in [6, 6.07) is 10.6. The fourth-order valence-electron chi connectivity index (χ4n) is 2.46. The van der Waals surface area contributed by atoms with Crippen molar-refractivity contribution in [1.29, 1.82) is 0 Å². The zero-order valence-corrected chi connectivity index (χ0v) is 14.4. The van der Waals surface area contributed by atoms with Crippen LogP contribution < -0.4 is 9.04 Å². The Hall–Kier alpha value is -2.01. The molecule has 118 valence electrons. The highest BCUT2D eigenvalue weighted by Gasteiger charge is 2.23. The highest BCUT2D eigenvalue weighted by Crippen LogP contribution is 2.28. The topological polar surface area (TPSA) is 46.6 Å². The van der Waals surface area contributed by atoms with E-state index in [0.29, 0.717) is 11.4 Å². The SMILES string of the molecule is COc1ccc(S(=O)(=O)N(C)c2ccc(C)cc2C)cc1C. The molecule has 0 bridgehead atoms. The second-order valence-electron chi connectivity index (χ2n) is 5.39. The van der Waals surface area contributed by atoms with Crippen molar-refractivity contribution < 1.29 is 13.2 Å². The van der Waals surface area contributed by atoms with Crippen molar-refractivity contribution in [1.82, 2.24) is 0 Å². The minimum Gasteiger partial charge on any atom is -0.496 e. The molecule has 2 aromatic carbocycles. The van der Waals surface area contributed by atoms with Gasteiger partial charge in [-0.25, -0.2) is 8.42 Å². The number of ether oxygens (including phenoxy) is 1. The minimum absolute atomic E-state index is 0.258. The quantitative estimate of drug-likeness (QED) is 0.867. The first-order valence-electron chi connectivity index (χ1n) is 6.98. The number of sulfonamides is 1. The summed E-state index contributed by atoms with van der Waals surface area (Å²) in [5, 5.41) is 0. The molecule has 0 aliphatic carbocycles. The molecule has 0 aliphatic rings. The average molecular weight is 319 g/mol. The van der Waals surface area contributed by atoms with E-state index in [1.807, 2.05) is 39.0 Å². The van der Waals surface area contributed by atoms with Crippen LogP contribution in [0.3, 0.4) is 0 Å². The number of methoxy groups -OCH3 is 1. The third-order valence-corrected chi connectivity index (χ3v) is 5.48. The van der Waals surface area contributed by atoms with E-state index in [1.165, 1.54) is 4.31 Å². The largest absolute Gasteiger partial charge is 0.496 e. The summed E-state index contributed by atoms with van der Waals surface area (Å²) < 4.78 is 32.1. The summed E-state index contributed by atoms with van der Waals surface area (Å²) in [7, 11) is -0.453. The van der Waals surface area contributed by atoms with Crippen LogP contribution in [-0.2, 0) is 10.0 Å². The summed E-state index contributed by atoms with van der Waals surface area (Å²) in [6.45, 7) is 5.72. The Labute approximate surface area is 132 Å². The van der Waals surface area contributed by atoms with E-state index in [1.54, 1.807) is 32.4 Å². The monoisotopic (exact) mass is 319 g/mol.